The number of hydrogen-bond donors (Lipinski definition) is 8. The first-order valence-corrected chi connectivity index (χ1v) is 27.3. The largest absolute Gasteiger partial charge is 0.399 e. The van der Waals surface area contributed by atoms with Crippen molar-refractivity contribution in [1.82, 2.24) is 51.3 Å². The van der Waals surface area contributed by atoms with E-state index in [9.17, 15) is 33.9 Å². The van der Waals surface area contributed by atoms with Gasteiger partial charge in [0.1, 0.15) is 47.1 Å². The van der Waals surface area contributed by atoms with Gasteiger partial charge in [-0.25, -0.2) is 5.84 Å². The Hall–Kier alpha value is -7.50. The maximum Gasteiger partial charge on any atom is 0.248 e. The molecule has 7 atom stereocenters. The number of aliphatic imine (C=N–C) groups is 1. The van der Waals surface area contributed by atoms with Crippen LogP contribution in [0.15, 0.2) is 95.8 Å². The highest BCUT2D eigenvalue weighted by Crippen LogP contribution is 2.40. The minimum absolute atomic E-state index is 0.0375. The second kappa shape index (κ2) is 24.7. The normalized spacial score (nSPS) is 23.7. The average Bonchev–Trinajstić information content (AvgIpc) is 4.22. The van der Waals surface area contributed by atoms with E-state index in [1.807, 2.05) is 92.1 Å². The first-order chi connectivity index (χ1) is 37.6. The Morgan fingerprint density at radius 3 is 2.24 bits per heavy atom. The van der Waals surface area contributed by atoms with Gasteiger partial charge in [0.25, 0.3) is 0 Å². The lowest BCUT2D eigenvalue weighted by atomic mass is 9.85. The molecule has 0 aliphatic carbocycles. The van der Waals surface area contributed by atoms with Crippen LogP contribution in [0, 0.1) is 26.2 Å². The minimum atomic E-state index is -1.37. The van der Waals surface area contributed by atoms with Crippen molar-refractivity contribution in [3.8, 4) is 16.1 Å². The van der Waals surface area contributed by atoms with Gasteiger partial charge in [-0.1, -0.05) is 99.1 Å². The molecule has 418 valence electrons. The number of aryl methyl sites for hydroxylation is 2. The Morgan fingerprint density at radius 1 is 0.873 bits per heavy atom. The van der Waals surface area contributed by atoms with Crippen molar-refractivity contribution in [3.05, 3.63) is 135 Å². The third-order valence-corrected chi connectivity index (χ3v) is 15.5. The molecule has 79 heavy (non-hydrogen) atoms. The molecule has 1 saturated heterocycles. The van der Waals surface area contributed by atoms with Gasteiger partial charge >= 0.3 is 0 Å². The highest BCUT2D eigenvalue weighted by molar-refractivity contribution is 7.15. The fourth-order valence-corrected chi connectivity index (χ4v) is 11.3. The SMILES string of the molecule is Cc1sc2c(c1C)C(c1ccc(Cl)cc1)=N[C@@H](CC(=O)NC[C@H]1NC(=O)[C@@H](C)NC(=O)[C@@H](Cc3ccc(-c4ccccc4)cc3)NC(=O)[C@@H]3C[C@@H](O)CN3C(=O)[C@H](C(C)(C)C)N(N)/C=C(\N)COCCNC1=O)c1nnc(C)n1-2. The number of amides is 6. The molecule has 0 radical (unpaired) electrons. The van der Waals surface area contributed by atoms with Crippen molar-refractivity contribution >= 4 is 64.1 Å². The van der Waals surface area contributed by atoms with Gasteiger partial charge in [0, 0.05) is 59.7 Å². The third-order valence-electron chi connectivity index (χ3n) is 14.1. The number of halogens is 1. The van der Waals surface area contributed by atoms with Crippen LogP contribution in [-0.4, -0.2) is 140 Å². The smallest absolute Gasteiger partial charge is 0.248 e. The van der Waals surface area contributed by atoms with Gasteiger partial charge in [-0.05, 0) is 67.5 Å². The second-order valence-electron chi connectivity index (χ2n) is 21.2. The summed E-state index contributed by atoms with van der Waals surface area (Å²) in [5.74, 6) is 3.59. The molecule has 1 fully saturated rings. The number of rotatable bonds is 8. The molecule has 3 aliphatic rings. The molecular weight excluding hydrogens is 1050 g/mol. The number of aromatic nitrogens is 3. The van der Waals surface area contributed by atoms with E-state index < -0.39 is 83.2 Å². The van der Waals surface area contributed by atoms with Crippen molar-refractivity contribution in [2.75, 3.05) is 32.8 Å². The van der Waals surface area contributed by atoms with Gasteiger partial charge in [-0.3, -0.25) is 38.3 Å². The zero-order valence-corrected chi connectivity index (χ0v) is 46.8. The molecule has 5 aromatic rings. The summed E-state index contributed by atoms with van der Waals surface area (Å²) in [5.41, 5.74) is 11.5. The summed E-state index contributed by atoms with van der Waals surface area (Å²) in [7, 11) is 0. The molecule has 21 nitrogen and oxygen atoms in total. The van der Waals surface area contributed by atoms with Crippen LogP contribution in [-0.2, 0) is 39.9 Å². The van der Waals surface area contributed by atoms with E-state index in [2.05, 4.69) is 36.8 Å². The summed E-state index contributed by atoms with van der Waals surface area (Å²) in [4.78, 5) is 93.3. The zero-order chi connectivity index (χ0) is 56.9. The zero-order valence-electron chi connectivity index (χ0n) is 45.2. The number of aliphatic hydroxyl groups excluding tert-OH is 1. The summed E-state index contributed by atoms with van der Waals surface area (Å²) >= 11 is 7.87. The molecule has 8 rings (SSSR count). The standard InChI is InChI=1S/C56H68ClN13O8S/c1-30-32(3)79-55-46(30)47(37-17-19-38(57)20-18-37)63-41(49-67-66-33(4)70(49)55)25-45(72)61-26-43-51(74)60-21-22-78-29-39(58)27-69(59)48(56(5,6)7)54(77)68-28-40(71)24-44(68)53(76)64-42(52(75)62-31(2)50(73)65-43)23-34-13-15-36(16-14-34)35-11-9-8-10-12-35/h8-20,27,31,40-44,48,71H,21-26,28-29,58-59H2,1-7H3,(H,60,74)(H,61,72)(H,62,75)(H,64,76)(H,65,73)/b39-27-/t31-,40-,41+,42-,43-,44+,48-/m1/s1. The fourth-order valence-electron chi connectivity index (χ4n) is 9.93. The molecule has 23 heteroatoms. The maximum atomic E-state index is 14.5. The van der Waals surface area contributed by atoms with E-state index in [4.69, 9.17) is 32.9 Å². The lowest BCUT2D eigenvalue weighted by Crippen LogP contribution is -2.61. The van der Waals surface area contributed by atoms with Crippen LogP contribution in [0.2, 0.25) is 5.02 Å². The molecule has 3 aliphatic heterocycles. The predicted octanol–water partition coefficient (Wildman–Crippen LogP) is 3.19. The number of ether oxygens (including phenoxy) is 1. The van der Waals surface area contributed by atoms with Crippen LogP contribution < -0.4 is 38.2 Å². The Bertz CT molecular complexity index is 3140. The highest BCUT2D eigenvalue weighted by Gasteiger charge is 2.46. The molecule has 10 N–H and O–H groups in total. The average molecular weight is 1120 g/mol. The summed E-state index contributed by atoms with van der Waals surface area (Å²) < 4.78 is 7.67. The molecule has 0 bridgehead atoms. The first-order valence-electron chi connectivity index (χ1n) is 26.1. The number of carbonyl (C=O) groups excluding carboxylic acids is 6. The summed E-state index contributed by atoms with van der Waals surface area (Å²) in [5, 5.41) is 36.2. The van der Waals surface area contributed by atoms with Gasteiger partial charge in [0.05, 0.1) is 37.1 Å². The van der Waals surface area contributed by atoms with Crippen LogP contribution in [0.4, 0.5) is 0 Å². The molecule has 0 spiro atoms. The number of aliphatic hydroxyl groups is 1. The van der Waals surface area contributed by atoms with E-state index in [-0.39, 0.29) is 57.8 Å². The Balaban J connectivity index is 1.06. The number of nitrogens with two attached hydrogens (primary N) is 2. The van der Waals surface area contributed by atoms with Crippen LogP contribution in [0.3, 0.4) is 0 Å². The lowest BCUT2D eigenvalue weighted by molar-refractivity contribution is -0.145. The molecular formula is C56H68ClN13O8S. The molecule has 0 unspecified atom stereocenters. The number of fused-ring (bicyclic) bond motifs is 4. The quantitative estimate of drug-likeness (QED) is 0.104. The fraction of sp³-hybridized carbons (Fsp3) is 0.411. The summed E-state index contributed by atoms with van der Waals surface area (Å²) in [6.45, 7) is 11.9. The molecule has 2 aromatic heterocycles. The topological polar surface area (TPSA) is 294 Å². The van der Waals surface area contributed by atoms with Crippen molar-refractivity contribution < 1.29 is 38.6 Å². The molecule has 0 saturated carbocycles. The van der Waals surface area contributed by atoms with Crippen molar-refractivity contribution in [2.24, 2.45) is 22.0 Å². The van der Waals surface area contributed by atoms with E-state index in [1.165, 1.54) is 18.0 Å². The van der Waals surface area contributed by atoms with E-state index in [1.54, 1.807) is 44.2 Å². The Labute approximate surface area is 467 Å². The van der Waals surface area contributed by atoms with E-state index >= 15 is 0 Å². The number of carbonyl (C=O) groups is 6. The Kier molecular flexibility index (Phi) is 18.0. The lowest BCUT2D eigenvalue weighted by Gasteiger charge is -2.39. The number of nitrogens with zero attached hydrogens (tertiary/aromatic N) is 6. The van der Waals surface area contributed by atoms with Gasteiger partial charge in [-0.15, -0.1) is 21.5 Å². The number of thiophene rings is 1. The summed E-state index contributed by atoms with van der Waals surface area (Å²) in [6, 6.07) is 17.3. The van der Waals surface area contributed by atoms with Gasteiger partial charge in [0.2, 0.25) is 35.4 Å². The monoisotopic (exact) mass is 1120 g/mol. The molecule has 3 aromatic carbocycles. The number of hydrazine groups is 1. The van der Waals surface area contributed by atoms with Crippen LogP contribution in [0.5, 0.6) is 0 Å². The second-order valence-corrected chi connectivity index (χ2v) is 22.8. The van der Waals surface area contributed by atoms with Crippen LogP contribution >= 0.6 is 22.9 Å². The van der Waals surface area contributed by atoms with Crippen molar-refractivity contribution in [2.45, 2.75) is 110 Å². The molecule has 5 heterocycles. The van der Waals surface area contributed by atoms with Crippen molar-refractivity contribution in [3.63, 3.8) is 0 Å². The predicted molar refractivity (Wildman–Crippen MR) is 299 cm³/mol. The third kappa shape index (κ3) is 13.5. The van der Waals surface area contributed by atoms with Crippen molar-refractivity contribution in [1.29, 1.82) is 0 Å². The minimum Gasteiger partial charge on any atom is -0.399 e. The highest BCUT2D eigenvalue weighted by atomic mass is 35.5. The maximum absolute atomic E-state index is 14.5. The number of nitrogens with one attached hydrogen (secondary N) is 5. The number of hydrogen-bond acceptors (Lipinski definition) is 15. The first kappa shape index (κ1) is 57.7. The van der Waals surface area contributed by atoms with Gasteiger partial charge in [-0.2, -0.15) is 0 Å². The molecule has 6 amide bonds. The van der Waals surface area contributed by atoms with Gasteiger partial charge in [0.15, 0.2) is 5.82 Å². The van der Waals surface area contributed by atoms with Gasteiger partial charge < -0.3 is 52.1 Å². The number of benzene rings is 3. The summed E-state index contributed by atoms with van der Waals surface area (Å²) in [6.07, 6.45) is -0.102. The van der Waals surface area contributed by atoms with E-state index in [0.29, 0.717) is 27.9 Å². The van der Waals surface area contributed by atoms with Crippen LogP contribution in [0.1, 0.15) is 85.4 Å². The van der Waals surface area contributed by atoms with Crippen LogP contribution in [0.25, 0.3) is 16.1 Å². The van der Waals surface area contributed by atoms with E-state index in [0.717, 1.165) is 42.7 Å². The Morgan fingerprint density at radius 2 is 1.54 bits per heavy atom.